The second kappa shape index (κ2) is 8.76. The van der Waals surface area contributed by atoms with Gasteiger partial charge in [0.2, 0.25) is 0 Å². The minimum atomic E-state index is 0. The quantitative estimate of drug-likeness (QED) is 0.548. The van der Waals surface area contributed by atoms with Crippen LogP contribution in [0.25, 0.3) is 11.1 Å². The van der Waals surface area contributed by atoms with Crippen molar-refractivity contribution < 1.29 is 22.4 Å². The zero-order valence-corrected chi connectivity index (χ0v) is 13.2. The number of nitrogens with zero attached hydrogens (tertiary/aromatic N) is 1. The maximum atomic E-state index is 8.96. The molecule has 2 heteroatoms. The second-order valence-corrected chi connectivity index (χ2v) is 4.85. The van der Waals surface area contributed by atoms with Crippen LogP contribution in [0.2, 0.25) is 0 Å². The van der Waals surface area contributed by atoms with Crippen LogP contribution in [-0.4, -0.2) is 0 Å². The van der Waals surface area contributed by atoms with Gasteiger partial charge < -0.3 is 0 Å². The van der Waals surface area contributed by atoms with E-state index in [-0.39, 0.29) is 22.4 Å². The SMILES string of the molecule is CCCCCc1cccc(-c2cccc(C#N)c2)c1.[Ag]. The van der Waals surface area contributed by atoms with Gasteiger partial charge in [-0.15, -0.1) is 0 Å². The Bertz CT molecular complexity index is 584. The summed E-state index contributed by atoms with van der Waals surface area (Å²) in [6.45, 7) is 2.23. The molecule has 0 aliphatic rings. The van der Waals surface area contributed by atoms with Gasteiger partial charge in [0.25, 0.3) is 0 Å². The van der Waals surface area contributed by atoms with Gasteiger partial charge in [-0.05, 0) is 41.7 Å². The van der Waals surface area contributed by atoms with E-state index < -0.39 is 0 Å². The summed E-state index contributed by atoms with van der Waals surface area (Å²) in [5.74, 6) is 0. The molecule has 0 heterocycles. The van der Waals surface area contributed by atoms with Gasteiger partial charge in [-0.2, -0.15) is 5.26 Å². The molecule has 1 nitrogen and oxygen atoms in total. The van der Waals surface area contributed by atoms with Gasteiger partial charge in [-0.1, -0.05) is 56.2 Å². The Morgan fingerprint density at radius 1 is 0.950 bits per heavy atom. The van der Waals surface area contributed by atoms with Crippen LogP contribution in [0.1, 0.15) is 37.3 Å². The van der Waals surface area contributed by atoms with Crippen molar-refractivity contribution in [2.75, 3.05) is 0 Å². The van der Waals surface area contributed by atoms with E-state index in [0.717, 1.165) is 12.0 Å². The van der Waals surface area contributed by atoms with Crippen LogP contribution in [0.4, 0.5) is 0 Å². The van der Waals surface area contributed by atoms with Crippen LogP contribution in [0.3, 0.4) is 0 Å². The molecule has 20 heavy (non-hydrogen) atoms. The van der Waals surface area contributed by atoms with Crippen LogP contribution < -0.4 is 0 Å². The van der Waals surface area contributed by atoms with Crippen molar-refractivity contribution in [1.82, 2.24) is 0 Å². The molecule has 0 N–H and O–H groups in total. The van der Waals surface area contributed by atoms with Gasteiger partial charge in [-0.25, -0.2) is 0 Å². The Kier molecular flexibility index (Phi) is 7.33. The largest absolute Gasteiger partial charge is 0.192 e. The normalized spacial score (nSPS) is 9.60. The first-order valence-corrected chi connectivity index (χ1v) is 6.93. The number of aryl methyl sites for hydroxylation is 1. The number of rotatable bonds is 5. The molecule has 0 spiro atoms. The standard InChI is InChI=1S/C18H19N.Ag/c1-2-3-4-7-15-8-5-10-17(12-15)18-11-6-9-16(13-18)14-19;/h5-6,8-13H,2-4,7H2,1H3;. The maximum absolute atomic E-state index is 8.96. The predicted molar refractivity (Wildman–Crippen MR) is 79.8 cm³/mol. The molecule has 0 atom stereocenters. The van der Waals surface area contributed by atoms with Crippen molar-refractivity contribution >= 4 is 0 Å². The van der Waals surface area contributed by atoms with E-state index in [4.69, 9.17) is 5.26 Å². The van der Waals surface area contributed by atoms with E-state index in [1.165, 1.54) is 30.4 Å². The molecule has 0 aliphatic carbocycles. The third-order valence-corrected chi connectivity index (χ3v) is 3.32. The average Bonchev–Trinajstić information content (AvgIpc) is 2.48. The van der Waals surface area contributed by atoms with Crippen molar-refractivity contribution in [2.45, 2.75) is 32.6 Å². The van der Waals surface area contributed by atoms with E-state index >= 15 is 0 Å². The molecule has 2 aromatic carbocycles. The number of hydrogen-bond donors (Lipinski definition) is 0. The van der Waals surface area contributed by atoms with Gasteiger partial charge in [0.15, 0.2) is 0 Å². The smallest absolute Gasteiger partial charge is 0.0991 e. The summed E-state index contributed by atoms with van der Waals surface area (Å²) >= 11 is 0. The van der Waals surface area contributed by atoms with Crippen molar-refractivity contribution in [3.8, 4) is 17.2 Å². The topological polar surface area (TPSA) is 23.8 Å². The summed E-state index contributed by atoms with van der Waals surface area (Å²) in [5.41, 5.74) is 4.42. The molecule has 107 valence electrons. The fraction of sp³-hybridized carbons (Fsp3) is 0.278. The summed E-state index contributed by atoms with van der Waals surface area (Å²) in [6, 6.07) is 18.6. The predicted octanol–water partition coefficient (Wildman–Crippen LogP) is 4.96. The molecule has 0 bridgehead atoms. The van der Waals surface area contributed by atoms with Gasteiger partial charge in [0.1, 0.15) is 0 Å². The second-order valence-electron chi connectivity index (χ2n) is 4.85. The van der Waals surface area contributed by atoms with E-state index in [2.05, 4.69) is 43.3 Å². The summed E-state index contributed by atoms with van der Waals surface area (Å²) in [4.78, 5) is 0. The zero-order chi connectivity index (χ0) is 13.5. The first-order valence-electron chi connectivity index (χ1n) is 6.93. The molecule has 0 aromatic heterocycles. The molecule has 1 radical (unpaired) electrons. The van der Waals surface area contributed by atoms with Crippen LogP contribution >= 0.6 is 0 Å². The molecule has 0 aliphatic heterocycles. The molecule has 0 saturated carbocycles. The maximum Gasteiger partial charge on any atom is 0.0991 e. The zero-order valence-electron chi connectivity index (χ0n) is 11.7. The fourth-order valence-corrected chi connectivity index (χ4v) is 2.25. The van der Waals surface area contributed by atoms with Crippen molar-refractivity contribution in [3.63, 3.8) is 0 Å². The summed E-state index contributed by atoms with van der Waals surface area (Å²) in [7, 11) is 0. The Morgan fingerprint density at radius 2 is 1.65 bits per heavy atom. The van der Waals surface area contributed by atoms with E-state index in [0.29, 0.717) is 5.56 Å². The number of hydrogen-bond acceptors (Lipinski definition) is 1. The Hall–Kier alpha value is -1.33. The molecule has 0 unspecified atom stereocenters. The number of nitriles is 1. The van der Waals surface area contributed by atoms with Crippen molar-refractivity contribution in [1.29, 1.82) is 5.26 Å². The van der Waals surface area contributed by atoms with Gasteiger partial charge in [0, 0.05) is 22.4 Å². The van der Waals surface area contributed by atoms with Crippen LogP contribution in [0.15, 0.2) is 48.5 Å². The van der Waals surface area contributed by atoms with E-state index in [1.807, 2.05) is 18.2 Å². The summed E-state index contributed by atoms with van der Waals surface area (Å²) < 4.78 is 0. The molecular weight excluding hydrogens is 338 g/mol. The third kappa shape index (κ3) is 4.65. The minimum absolute atomic E-state index is 0. The van der Waals surface area contributed by atoms with Gasteiger partial charge in [0.05, 0.1) is 11.6 Å². The molecule has 0 amide bonds. The monoisotopic (exact) mass is 356 g/mol. The molecule has 2 aromatic rings. The van der Waals surface area contributed by atoms with Gasteiger partial charge >= 0.3 is 0 Å². The Labute approximate surface area is 137 Å². The van der Waals surface area contributed by atoms with Gasteiger partial charge in [-0.3, -0.25) is 0 Å². The average molecular weight is 357 g/mol. The first-order chi connectivity index (χ1) is 9.33. The first kappa shape index (κ1) is 16.7. The number of unbranched alkanes of at least 4 members (excludes halogenated alkanes) is 2. The minimum Gasteiger partial charge on any atom is -0.192 e. The number of benzene rings is 2. The van der Waals surface area contributed by atoms with Crippen molar-refractivity contribution in [2.24, 2.45) is 0 Å². The molecule has 0 fully saturated rings. The van der Waals surface area contributed by atoms with E-state index in [1.54, 1.807) is 0 Å². The molecule has 2 rings (SSSR count). The van der Waals surface area contributed by atoms with E-state index in [9.17, 15) is 0 Å². The van der Waals surface area contributed by atoms with Crippen LogP contribution in [0.5, 0.6) is 0 Å². The molecule has 0 saturated heterocycles. The Morgan fingerprint density at radius 3 is 2.35 bits per heavy atom. The fourth-order valence-electron chi connectivity index (χ4n) is 2.25. The summed E-state index contributed by atoms with van der Waals surface area (Å²) in [6.07, 6.45) is 4.93. The van der Waals surface area contributed by atoms with Crippen molar-refractivity contribution in [3.05, 3.63) is 59.7 Å². The Balaban J connectivity index is 0.00000200. The molecular formula is C18H19AgN. The van der Waals surface area contributed by atoms with Crippen LogP contribution in [-0.2, 0) is 28.8 Å². The van der Waals surface area contributed by atoms with Crippen LogP contribution in [0, 0.1) is 11.3 Å². The summed E-state index contributed by atoms with van der Waals surface area (Å²) in [5, 5.41) is 8.96. The third-order valence-electron chi connectivity index (χ3n) is 3.32.